The Morgan fingerprint density at radius 1 is 0.906 bits per heavy atom. The van der Waals surface area contributed by atoms with E-state index < -0.39 is 42.3 Å². The van der Waals surface area contributed by atoms with Crippen LogP contribution in [-0.2, 0) is 25.6 Å². The maximum Gasteiger partial charge on any atom is 0.319 e. The van der Waals surface area contributed by atoms with Gasteiger partial charge in [-0.15, -0.1) is 0 Å². The van der Waals surface area contributed by atoms with Crippen LogP contribution in [0.2, 0.25) is 0 Å². The van der Waals surface area contributed by atoms with Crippen LogP contribution in [0.15, 0.2) is 77.3 Å². The average Bonchev–Trinajstić information content (AvgIpc) is 3.84. The second-order valence-electron chi connectivity index (χ2n) is 13.1. The molecule has 6 amide bonds. The summed E-state index contributed by atoms with van der Waals surface area (Å²) in [5.41, 5.74) is 2.46. The summed E-state index contributed by atoms with van der Waals surface area (Å²) in [5, 5.41) is 15.2. The number of methoxy groups -OCH3 is 1. The summed E-state index contributed by atoms with van der Waals surface area (Å²) in [7, 11) is 1.53. The van der Waals surface area contributed by atoms with Crippen molar-refractivity contribution in [2.24, 2.45) is 0 Å². The molecular weight excluding hydrogens is 685 g/mol. The van der Waals surface area contributed by atoms with Gasteiger partial charge in [-0.3, -0.25) is 19.2 Å². The molecule has 0 unspecified atom stereocenters. The largest absolute Gasteiger partial charge is 0.497 e. The second kappa shape index (κ2) is 17.0. The molecule has 3 aromatic carbocycles. The lowest BCUT2D eigenvalue weighted by atomic mass is 9.91. The van der Waals surface area contributed by atoms with E-state index in [-0.39, 0.29) is 30.7 Å². The van der Waals surface area contributed by atoms with E-state index in [2.05, 4.69) is 26.4 Å². The van der Waals surface area contributed by atoms with E-state index in [0.29, 0.717) is 62.3 Å². The Balaban J connectivity index is 1.02. The number of amides is 6. The molecule has 2 saturated heterocycles. The van der Waals surface area contributed by atoms with Crippen molar-refractivity contribution in [1.82, 2.24) is 30.9 Å². The first-order chi connectivity index (χ1) is 25.7. The molecule has 0 radical (unpaired) electrons. The van der Waals surface area contributed by atoms with Crippen molar-refractivity contribution in [3.8, 4) is 5.75 Å². The molecule has 0 saturated carbocycles. The highest BCUT2D eigenvalue weighted by molar-refractivity contribution is 5.95. The molecule has 3 heterocycles. The molecule has 15 heteroatoms. The number of nitrogens with one attached hydrogen (secondary N) is 4. The average molecular weight is 728 g/mol. The van der Waals surface area contributed by atoms with E-state index in [1.807, 2.05) is 30.3 Å². The number of fused-ring (bicyclic) bond motifs is 1. The van der Waals surface area contributed by atoms with Crippen LogP contribution < -0.4 is 26.0 Å². The molecule has 4 aromatic rings. The zero-order valence-corrected chi connectivity index (χ0v) is 29.3. The van der Waals surface area contributed by atoms with Crippen molar-refractivity contribution in [1.29, 1.82) is 0 Å². The van der Waals surface area contributed by atoms with Crippen LogP contribution in [0, 0.1) is 5.82 Å². The number of aromatic nitrogens is 1. The molecule has 0 bridgehead atoms. The fourth-order valence-corrected chi connectivity index (χ4v) is 6.84. The standard InChI is InChI=1S/C38H42FN7O7/c1-52-28-12-10-27(11-13-28)42-38(51)41-22-33(47)40-23-34(48)43-30(20-24-6-3-2-4-7-24)36(49)46-17-5-8-31(46)37(50)45-18-15-25(16-19-45)35-29-14-9-26(39)21-32(29)53-44-35/h2-4,6-7,9-14,21,25,30-31H,5,8,15-20,22-23H2,1H3,(H,40,47)(H,43,48)(H2,41,42,51)/t30-,31-/m0/s1. The van der Waals surface area contributed by atoms with E-state index in [4.69, 9.17) is 9.26 Å². The Bertz CT molecular complexity index is 1930. The van der Waals surface area contributed by atoms with Crippen LogP contribution in [0.3, 0.4) is 0 Å². The third kappa shape index (κ3) is 9.28. The minimum absolute atomic E-state index is 0.0466. The molecule has 278 valence electrons. The second-order valence-corrected chi connectivity index (χ2v) is 13.1. The Labute approximate surface area is 305 Å². The van der Waals surface area contributed by atoms with Crippen LogP contribution in [0.4, 0.5) is 14.9 Å². The highest BCUT2D eigenvalue weighted by Gasteiger charge is 2.40. The number of piperidine rings is 1. The summed E-state index contributed by atoms with van der Waals surface area (Å²) in [4.78, 5) is 69.0. The Hall–Kier alpha value is -5.99. The number of likely N-dealkylation sites (tertiary alicyclic amines) is 2. The minimum Gasteiger partial charge on any atom is -0.497 e. The summed E-state index contributed by atoms with van der Waals surface area (Å²) in [5.74, 6) is -1.43. The molecular formula is C38H42FN7O7. The molecule has 6 rings (SSSR count). The van der Waals surface area contributed by atoms with Gasteiger partial charge >= 0.3 is 6.03 Å². The van der Waals surface area contributed by atoms with Crippen molar-refractivity contribution in [2.45, 2.75) is 50.1 Å². The third-order valence-electron chi connectivity index (χ3n) is 9.60. The predicted molar refractivity (Wildman–Crippen MR) is 192 cm³/mol. The predicted octanol–water partition coefficient (Wildman–Crippen LogP) is 3.34. The van der Waals surface area contributed by atoms with Crippen molar-refractivity contribution >= 4 is 46.3 Å². The lowest BCUT2D eigenvalue weighted by molar-refractivity contribution is -0.146. The summed E-state index contributed by atoms with van der Waals surface area (Å²) >= 11 is 0. The van der Waals surface area contributed by atoms with Crippen LogP contribution in [0.5, 0.6) is 5.75 Å². The normalized spacial score (nSPS) is 16.5. The van der Waals surface area contributed by atoms with Gasteiger partial charge in [0.25, 0.3) is 0 Å². The maximum absolute atomic E-state index is 14.1. The van der Waals surface area contributed by atoms with Gasteiger partial charge in [-0.25, -0.2) is 9.18 Å². The number of rotatable bonds is 12. The summed E-state index contributed by atoms with van der Waals surface area (Å²) in [6, 6.07) is 18.0. The van der Waals surface area contributed by atoms with E-state index in [0.717, 1.165) is 16.6 Å². The molecule has 1 aromatic heterocycles. The van der Waals surface area contributed by atoms with Crippen molar-refractivity contribution in [3.05, 3.63) is 89.9 Å². The first-order valence-corrected chi connectivity index (χ1v) is 17.6. The van der Waals surface area contributed by atoms with Gasteiger partial charge in [0.1, 0.15) is 23.7 Å². The van der Waals surface area contributed by atoms with Gasteiger partial charge < -0.3 is 40.3 Å². The van der Waals surface area contributed by atoms with Gasteiger partial charge in [0.15, 0.2) is 5.58 Å². The van der Waals surface area contributed by atoms with Gasteiger partial charge in [-0.05, 0) is 67.6 Å². The van der Waals surface area contributed by atoms with Crippen LogP contribution >= 0.6 is 0 Å². The number of urea groups is 1. The Morgan fingerprint density at radius 3 is 2.38 bits per heavy atom. The fourth-order valence-electron chi connectivity index (χ4n) is 6.84. The monoisotopic (exact) mass is 727 g/mol. The summed E-state index contributed by atoms with van der Waals surface area (Å²) < 4.78 is 24.1. The summed E-state index contributed by atoms with van der Waals surface area (Å²) in [6.07, 6.45) is 2.62. The molecule has 2 aliphatic rings. The molecule has 14 nitrogen and oxygen atoms in total. The van der Waals surface area contributed by atoms with Crippen molar-refractivity contribution in [3.63, 3.8) is 0 Å². The van der Waals surface area contributed by atoms with Gasteiger partial charge in [0.2, 0.25) is 23.6 Å². The van der Waals surface area contributed by atoms with E-state index in [9.17, 15) is 28.4 Å². The quantitative estimate of drug-likeness (QED) is 0.172. The van der Waals surface area contributed by atoms with Gasteiger partial charge in [0.05, 0.1) is 25.9 Å². The fraction of sp³-hybridized carbons (Fsp3) is 0.368. The van der Waals surface area contributed by atoms with Crippen molar-refractivity contribution < 1.29 is 37.6 Å². The number of carbonyl (C=O) groups is 5. The lowest BCUT2D eigenvalue weighted by Crippen LogP contribution is -2.56. The SMILES string of the molecule is COc1ccc(NC(=O)NCC(=O)NCC(=O)N[C@@H](Cc2ccccc2)C(=O)N2CCC[C@H]2C(=O)N2CCC(c3noc4cc(F)ccc34)CC2)cc1. The van der Waals surface area contributed by atoms with Crippen LogP contribution in [0.25, 0.3) is 11.0 Å². The molecule has 0 aliphatic carbocycles. The first-order valence-electron chi connectivity index (χ1n) is 17.6. The summed E-state index contributed by atoms with van der Waals surface area (Å²) in [6.45, 7) is 0.506. The molecule has 0 spiro atoms. The first kappa shape index (κ1) is 36.8. The number of hydrogen-bond acceptors (Lipinski definition) is 8. The number of benzene rings is 3. The number of anilines is 1. The molecule has 2 aliphatic heterocycles. The van der Waals surface area contributed by atoms with E-state index in [1.54, 1.807) is 40.1 Å². The van der Waals surface area contributed by atoms with Gasteiger partial charge in [-0.1, -0.05) is 35.5 Å². The number of nitrogens with zero attached hydrogens (tertiary/aromatic N) is 3. The molecule has 53 heavy (non-hydrogen) atoms. The zero-order chi connectivity index (χ0) is 37.3. The minimum atomic E-state index is -0.986. The van der Waals surface area contributed by atoms with Gasteiger partial charge in [-0.2, -0.15) is 0 Å². The maximum atomic E-state index is 14.1. The number of ether oxygens (including phenoxy) is 1. The number of halogens is 1. The van der Waals surface area contributed by atoms with Crippen LogP contribution in [0.1, 0.15) is 42.9 Å². The van der Waals surface area contributed by atoms with Gasteiger partial charge in [0, 0.05) is 49.1 Å². The smallest absolute Gasteiger partial charge is 0.319 e. The number of hydrogen-bond donors (Lipinski definition) is 4. The highest BCUT2D eigenvalue weighted by atomic mass is 19.1. The highest BCUT2D eigenvalue weighted by Crippen LogP contribution is 2.34. The third-order valence-corrected chi connectivity index (χ3v) is 9.60. The molecule has 4 N–H and O–H groups in total. The topological polar surface area (TPSA) is 175 Å². The lowest BCUT2D eigenvalue weighted by Gasteiger charge is -2.36. The van der Waals surface area contributed by atoms with Crippen LogP contribution in [-0.4, -0.2) is 96.5 Å². The number of carbonyl (C=O) groups excluding carboxylic acids is 5. The van der Waals surface area contributed by atoms with E-state index >= 15 is 0 Å². The van der Waals surface area contributed by atoms with E-state index in [1.165, 1.54) is 19.2 Å². The molecule has 2 atom stereocenters. The Morgan fingerprint density at radius 2 is 1.64 bits per heavy atom. The molecule has 2 fully saturated rings. The van der Waals surface area contributed by atoms with Crippen molar-refractivity contribution in [2.75, 3.05) is 45.2 Å². The Kier molecular flexibility index (Phi) is 11.8. The zero-order valence-electron chi connectivity index (χ0n) is 29.3.